The molecular formula is C9H17NO4. The van der Waals surface area contributed by atoms with Crippen molar-refractivity contribution in [3.63, 3.8) is 0 Å². The van der Waals surface area contributed by atoms with Crippen LogP contribution in [0.2, 0.25) is 0 Å². The van der Waals surface area contributed by atoms with Gasteiger partial charge in [0.05, 0.1) is 21.1 Å². The number of carboxylic acid groups (broad SMARTS) is 1. The summed E-state index contributed by atoms with van der Waals surface area (Å²) in [6, 6.07) is 0. The average molecular weight is 205 g/mol. The number of Topliss-reactive ketones (excluding diaryl/α,β-unsaturated/α-hetero) is 1. The number of likely N-dealkylation sites (N-methyl/N-ethyl adjacent to an activating group) is 1. The van der Waals surface area contributed by atoms with Gasteiger partial charge in [-0.2, -0.15) is 0 Å². The number of carbonyl (C=O) groups excluding carboxylic acids is 2. The monoisotopic (exact) mass is 205 g/mol. The molecule has 0 aliphatic heterocycles. The van der Waals surface area contributed by atoms with Crippen LogP contribution in [0.1, 0.15) is 13.3 Å². The number of aliphatic hydroxyl groups is 1. The molecule has 1 unspecified atom stereocenters. The first-order valence-corrected chi connectivity index (χ1v) is 4.30. The molecule has 0 bridgehead atoms. The molecule has 1 atom stereocenters. The summed E-state index contributed by atoms with van der Waals surface area (Å²) in [6.07, 6.45) is -0.655. The van der Waals surface area contributed by atoms with Gasteiger partial charge in [0.25, 0.3) is 0 Å². The summed E-state index contributed by atoms with van der Waals surface area (Å²) in [4.78, 5) is 21.5. The zero-order valence-corrected chi connectivity index (χ0v) is 9.03. The Kier molecular flexibility index (Phi) is 3.79. The van der Waals surface area contributed by atoms with Crippen molar-refractivity contribution >= 4 is 11.8 Å². The normalized spacial score (nSPS) is 16.1. The Morgan fingerprint density at radius 1 is 1.43 bits per heavy atom. The predicted octanol–water partition coefficient (Wildman–Crippen LogP) is -1.85. The van der Waals surface area contributed by atoms with Crippen LogP contribution in [0.25, 0.3) is 0 Å². The van der Waals surface area contributed by atoms with E-state index < -0.39 is 23.8 Å². The van der Waals surface area contributed by atoms with Crippen LogP contribution in [0.4, 0.5) is 0 Å². The van der Waals surface area contributed by atoms with Gasteiger partial charge in [-0.1, -0.05) is 0 Å². The van der Waals surface area contributed by atoms with Gasteiger partial charge in [0, 0.05) is 12.4 Å². The summed E-state index contributed by atoms with van der Waals surface area (Å²) in [5, 5.41) is 20.2. The van der Waals surface area contributed by atoms with Crippen molar-refractivity contribution in [3.05, 3.63) is 0 Å². The lowest BCUT2D eigenvalue weighted by Crippen LogP contribution is -2.55. The lowest BCUT2D eigenvalue weighted by Gasteiger charge is -2.34. The number of nitrogens with zero attached hydrogens (tertiary/aromatic N) is 1. The van der Waals surface area contributed by atoms with E-state index in [0.29, 0.717) is 4.48 Å². The summed E-state index contributed by atoms with van der Waals surface area (Å²) in [7, 11) is 5.30. The van der Waals surface area contributed by atoms with Crippen LogP contribution in [0.5, 0.6) is 0 Å². The highest BCUT2D eigenvalue weighted by atomic mass is 16.4. The second-order valence-corrected chi connectivity index (χ2v) is 4.58. The molecule has 5 heteroatoms. The third-order valence-corrected chi connectivity index (χ3v) is 1.83. The van der Waals surface area contributed by atoms with E-state index >= 15 is 0 Å². The molecule has 0 spiro atoms. The number of quaternary nitrogens is 1. The first-order chi connectivity index (χ1) is 6.07. The fourth-order valence-corrected chi connectivity index (χ4v) is 1.32. The zero-order chi connectivity index (χ0) is 11.6. The van der Waals surface area contributed by atoms with E-state index in [2.05, 4.69) is 0 Å². The third kappa shape index (κ3) is 4.34. The van der Waals surface area contributed by atoms with Gasteiger partial charge in [-0.25, -0.2) is 0 Å². The number of carbonyl (C=O) groups is 2. The maximum Gasteiger partial charge on any atom is 0.176 e. The largest absolute Gasteiger partial charge is 0.550 e. The Morgan fingerprint density at radius 2 is 1.86 bits per heavy atom. The molecule has 0 aromatic carbocycles. The molecule has 0 radical (unpaired) electrons. The van der Waals surface area contributed by atoms with Crippen LogP contribution in [0, 0.1) is 0 Å². The smallest absolute Gasteiger partial charge is 0.176 e. The molecule has 82 valence electrons. The lowest BCUT2D eigenvalue weighted by atomic mass is 9.98. The summed E-state index contributed by atoms with van der Waals surface area (Å²) in [6.45, 7) is 1.23. The zero-order valence-electron chi connectivity index (χ0n) is 9.03. The molecule has 1 N–H and O–H groups in total. The van der Waals surface area contributed by atoms with Gasteiger partial charge < -0.3 is 19.5 Å². The molecule has 0 amide bonds. The van der Waals surface area contributed by atoms with Crippen LogP contribution in [0.3, 0.4) is 0 Å². The third-order valence-electron chi connectivity index (χ3n) is 1.83. The van der Waals surface area contributed by atoms with Crippen LogP contribution in [0.15, 0.2) is 0 Å². The topological polar surface area (TPSA) is 77.4 Å². The Morgan fingerprint density at radius 3 is 2.07 bits per heavy atom. The first kappa shape index (κ1) is 13.1. The van der Waals surface area contributed by atoms with Crippen molar-refractivity contribution in [2.24, 2.45) is 0 Å². The Bertz CT molecular complexity index is 244. The SMILES string of the molecule is C[N+](C)(C)CC(O)(CC(=O)[O-])C([14CH3])=O. The molecule has 0 aromatic heterocycles. The highest BCUT2D eigenvalue weighted by Crippen LogP contribution is 2.15. The minimum Gasteiger partial charge on any atom is -0.550 e. The predicted molar refractivity (Wildman–Crippen MR) is 48.2 cm³/mol. The van der Waals surface area contributed by atoms with Crippen molar-refractivity contribution in [1.29, 1.82) is 0 Å². The maximum atomic E-state index is 11.1. The van der Waals surface area contributed by atoms with Gasteiger partial charge in [0.2, 0.25) is 0 Å². The molecule has 0 aromatic rings. The van der Waals surface area contributed by atoms with Crippen LogP contribution in [-0.4, -0.2) is 54.6 Å². The molecular weight excluding hydrogens is 188 g/mol. The van der Waals surface area contributed by atoms with E-state index in [0.717, 1.165) is 0 Å². The minimum absolute atomic E-state index is 0.0519. The van der Waals surface area contributed by atoms with Crippen molar-refractivity contribution < 1.29 is 24.3 Å². The number of aliphatic carboxylic acids is 1. The number of ketones is 1. The van der Waals surface area contributed by atoms with Gasteiger partial charge in [0.15, 0.2) is 11.4 Å². The van der Waals surface area contributed by atoms with E-state index in [9.17, 15) is 19.8 Å². The quantitative estimate of drug-likeness (QED) is 0.535. The summed E-state index contributed by atoms with van der Waals surface area (Å²) in [5.41, 5.74) is -1.82. The molecule has 5 nitrogen and oxygen atoms in total. The van der Waals surface area contributed by atoms with Crippen molar-refractivity contribution in [2.75, 3.05) is 27.7 Å². The van der Waals surface area contributed by atoms with Gasteiger partial charge in [-0.3, -0.25) is 4.79 Å². The molecule has 0 saturated carbocycles. The number of hydrogen-bond acceptors (Lipinski definition) is 4. The highest BCUT2D eigenvalue weighted by Gasteiger charge is 2.38. The van der Waals surface area contributed by atoms with Crippen molar-refractivity contribution in [3.8, 4) is 0 Å². The van der Waals surface area contributed by atoms with Gasteiger partial charge in [-0.15, -0.1) is 0 Å². The second kappa shape index (κ2) is 4.06. The van der Waals surface area contributed by atoms with E-state index in [1.807, 2.05) is 0 Å². The second-order valence-electron chi connectivity index (χ2n) is 4.58. The Labute approximate surface area is 83.5 Å². The van der Waals surface area contributed by atoms with E-state index in [-0.39, 0.29) is 6.54 Å². The van der Waals surface area contributed by atoms with Gasteiger partial charge >= 0.3 is 0 Å². The van der Waals surface area contributed by atoms with Gasteiger partial charge in [-0.05, 0) is 6.92 Å². The number of rotatable bonds is 5. The van der Waals surface area contributed by atoms with E-state index in [1.165, 1.54) is 6.92 Å². The highest BCUT2D eigenvalue weighted by molar-refractivity contribution is 5.88. The Hall–Kier alpha value is -0.940. The fourth-order valence-electron chi connectivity index (χ4n) is 1.32. The average Bonchev–Trinajstić information content (AvgIpc) is 1.79. The molecule has 0 rings (SSSR count). The van der Waals surface area contributed by atoms with Crippen LogP contribution >= 0.6 is 0 Å². The fraction of sp³-hybridized carbons (Fsp3) is 0.778. The van der Waals surface area contributed by atoms with E-state index in [4.69, 9.17) is 0 Å². The van der Waals surface area contributed by atoms with Crippen LogP contribution < -0.4 is 5.11 Å². The van der Waals surface area contributed by atoms with Crippen molar-refractivity contribution in [2.45, 2.75) is 18.9 Å². The molecule has 0 aliphatic carbocycles. The van der Waals surface area contributed by atoms with Crippen molar-refractivity contribution in [1.82, 2.24) is 0 Å². The molecule has 0 saturated heterocycles. The summed E-state index contributed by atoms with van der Waals surface area (Å²) < 4.78 is 0.309. The van der Waals surface area contributed by atoms with E-state index in [1.54, 1.807) is 21.1 Å². The Balaban J connectivity index is 4.73. The maximum absolute atomic E-state index is 11.1. The first-order valence-electron chi connectivity index (χ1n) is 4.30. The standard InChI is InChI=1S/C9H17NO4/c1-7(11)9(14,5-8(12)13)6-10(2,3)4/h14H,5-6H2,1-4H3/i1+2. The summed E-state index contributed by atoms with van der Waals surface area (Å²) in [5.74, 6) is -1.97. The summed E-state index contributed by atoms with van der Waals surface area (Å²) >= 11 is 0. The number of hydrogen-bond donors (Lipinski definition) is 1. The number of carboxylic acids is 1. The molecule has 0 aliphatic rings. The molecule has 0 fully saturated rings. The van der Waals surface area contributed by atoms with Gasteiger partial charge in [0.1, 0.15) is 6.54 Å². The minimum atomic E-state index is -1.82. The lowest BCUT2D eigenvalue weighted by molar-refractivity contribution is -0.875. The van der Waals surface area contributed by atoms with Crippen LogP contribution in [-0.2, 0) is 9.59 Å². The molecule has 0 heterocycles. The molecule has 14 heavy (non-hydrogen) atoms.